The van der Waals surface area contributed by atoms with E-state index in [1.54, 1.807) is 10.4 Å². The lowest BCUT2D eigenvalue weighted by Crippen LogP contribution is -2.30. The molecule has 0 bridgehead atoms. The number of pyridine rings is 1. The fourth-order valence-corrected chi connectivity index (χ4v) is 3.54. The molecule has 0 aromatic carbocycles. The van der Waals surface area contributed by atoms with Gasteiger partial charge in [-0.1, -0.05) is 17.7 Å². The normalized spacial score (nSPS) is 22.1. The highest BCUT2D eigenvalue weighted by Crippen LogP contribution is 2.23. The summed E-state index contributed by atoms with van der Waals surface area (Å²) in [7, 11) is -3.05. The lowest BCUT2D eigenvalue weighted by Gasteiger charge is -2.17. The summed E-state index contributed by atoms with van der Waals surface area (Å²) >= 11 is 5.77. The molecule has 0 radical (unpaired) electrons. The largest absolute Gasteiger partial charge is 0.244 e. The van der Waals surface area contributed by atoms with Gasteiger partial charge in [-0.3, -0.25) is 0 Å². The quantitative estimate of drug-likeness (QED) is 0.805. The summed E-state index contributed by atoms with van der Waals surface area (Å²) in [5.74, 6) is 0.523. The first-order valence-corrected chi connectivity index (χ1v) is 8.73. The van der Waals surface area contributed by atoms with Crippen molar-refractivity contribution >= 4 is 21.6 Å². The third kappa shape index (κ3) is 4.44. The van der Waals surface area contributed by atoms with E-state index < -0.39 is 10.0 Å². The standard InChI is InChI=1S/C13H19ClN2O2S/c1-19(17,18)16-7-2-3-11(6-8-16)9-12-4-5-13(14)15-10-12/h4-5,10-11H,2-3,6-9H2,1H3/t11-/m1/s1. The minimum atomic E-state index is -3.05. The monoisotopic (exact) mass is 302 g/mol. The van der Waals surface area contributed by atoms with Gasteiger partial charge >= 0.3 is 0 Å². The summed E-state index contributed by atoms with van der Waals surface area (Å²) in [6.45, 7) is 1.28. The van der Waals surface area contributed by atoms with E-state index in [1.807, 2.05) is 12.3 Å². The van der Waals surface area contributed by atoms with Crippen molar-refractivity contribution in [1.29, 1.82) is 0 Å². The van der Waals surface area contributed by atoms with Gasteiger partial charge in [-0.25, -0.2) is 17.7 Å². The molecule has 4 nitrogen and oxygen atoms in total. The van der Waals surface area contributed by atoms with Crippen molar-refractivity contribution in [3.63, 3.8) is 0 Å². The predicted molar refractivity (Wildman–Crippen MR) is 76.7 cm³/mol. The smallest absolute Gasteiger partial charge is 0.211 e. The summed E-state index contributed by atoms with van der Waals surface area (Å²) in [5.41, 5.74) is 1.17. The Hall–Kier alpha value is -0.650. The molecule has 2 rings (SSSR count). The van der Waals surface area contributed by atoms with Crippen molar-refractivity contribution in [3.05, 3.63) is 29.0 Å². The molecule has 19 heavy (non-hydrogen) atoms. The summed E-state index contributed by atoms with van der Waals surface area (Å²) in [5, 5.41) is 0.507. The van der Waals surface area contributed by atoms with E-state index in [2.05, 4.69) is 4.98 Å². The van der Waals surface area contributed by atoms with Crippen molar-refractivity contribution in [2.24, 2.45) is 5.92 Å². The Bertz CT molecular complexity index is 516. The molecular weight excluding hydrogens is 284 g/mol. The van der Waals surface area contributed by atoms with Gasteiger partial charge in [-0.05, 0) is 43.2 Å². The summed E-state index contributed by atoms with van der Waals surface area (Å²) in [6, 6.07) is 3.80. The zero-order chi connectivity index (χ0) is 13.9. The van der Waals surface area contributed by atoms with Gasteiger partial charge in [-0.2, -0.15) is 0 Å². The maximum Gasteiger partial charge on any atom is 0.211 e. The van der Waals surface area contributed by atoms with Gasteiger partial charge in [0.15, 0.2) is 0 Å². The van der Waals surface area contributed by atoms with Gasteiger partial charge in [0, 0.05) is 19.3 Å². The molecule has 2 heterocycles. The number of aromatic nitrogens is 1. The van der Waals surface area contributed by atoms with Crippen molar-refractivity contribution in [2.75, 3.05) is 19.3 Å². The first-order chi connectivity index (χ1) is 8.95. The van der Waals surface area contributed by atoms with Gasteiger partial charge in [0.25, 0.3) is 0 Å². The van der Waals surface area contributed by atoms with Gasteiger partial charge in [0.05, 0.1) is 6.26 Å². The molecule has 1 aromatic rings. The van der Waals surface area contributed by atoms with Gasteiger partial charge in [-0.15, -0.1) is 0 Å². The Morgan fingerprint density at radius 2 is 2.16 bits per heavy atom. The summed E-state index contributed by atoms with van der Waals surface area (Å²) in [6.07, 6.45) is 6.95. The number of hydrogen-bond acceptors (Lipinski definition) is 3. The number of nitrogens with zero attached hydrogens (tertiary/aromatic N) is 2. The maximum atomic E-state index is 11.5. The van der Waals surface area contributed by atoms with Crippen LogP contribution < -0.4 is 0 Å². The number of sulfonamides is 1. The topological polar surface area (TPSA) is 50.3 Å². The van der Waals surface area contributed by atoms with Crippen LogP contribution in [0.4, 0.5) is 0 Å². The van der Waals surface area contributed by atoms with Crippen LogP contribution >= 0.6 is 11.6 Å². The molecule has 0 amide bonds. The van der Waals surface area contributed by atoms with Crippen LogP contribution in [0.3, 0.4) is 0 Å². The molecule has 1 aliphatic rings. The Labute approximate surface area is 119 Å². The van der Waals surface area contributed by atoms with Crippen LogP contribution in [-0.4, -0.2) is 37.1 Å². The lowest BCUT2D eigenvalue weighted by atomic mass is 9.93. The van der Waals surface area contributed by atoms with E-state index in [1.165, 1.54) is 11.8 Å². The van der Waals surface area contributed by atoms with Crippen molar-refractivity contribution in [2.45, 2.75) is 25.7 Å². The van der Waals surface area contributed by atoms with Crippen molar-refractivity contribution in [1.82, 2.24) is 9.29 Å². The maximum absolute atomic E-state index is 11.5. The second kappa shape index (κ2) is 6.20. The van der Waals surface area contributed by atoms with Crippen LogP contribution in [0.15, 0.2) is 18.3 Å². The Morgan fingerprint density at radius 1 is 1.37 bits per heavy atom. The lowest BCUT2D eigenvalue weighted by molar-refractivity contribution is 0.413. The molecule has 0 N–H and O–H groups in total. The van der Waals surface area contributed by atoms with Gasteiger partial charge in [0.1, 0.15) is 5.15 Å². The Morgan fingerprint density at radius 3 is 2.79 bits per heavy atom. The minimum absolute atomic E-state index is 0.507. The second-order valence-electron chi connectivity index (χ2n) is 5.15. The van der Waals surface area contributed by atoms with E-state index >= 15 is 0 Å². The van der Waals surface area contributed by atoms with Crippen LogP contribution in [0.5, 0.6) is 0 Å². The first kappa shape index (κ1) is 14.8. The summed E-state index contributed by atoms with van der Waals surface area (Å²) < 4.78 is 24.7. The fraction of sp³-hybridized carbons (Fsp3) is 0.615. The Balaban J connectivity index is 1.94. The summed E-state index contributed by atoms with van der Waals surface area (Å²) in [4.78, 5) is 4.08. The van der Waals surface area contributed by atoms with Crippen LogP contribution in [0.25, 0.3) is 0 Å². The van der Waals surface area contributed by atoms with Crippen molar-refractivity contribution in [3.8, 4) is 0 Å². The molecular formula is C13H19ClN2O2S. The number of hydrogen-bond donors (Lipinski definition) is 0. The van der Waals surface area contributed by atoms with Crippen LogP contribution in [0.1, 0.15) is 24.8 Å². The van der Waals surface area contributed by atoms with E-state index in [-0.39, 0.29) is 0 Å². The molecule has 1 atom stereocenters. The highest BCUT2D eigenvalue weighted by Gasteiger charge is 2.22. The highest BCUT2D eigenvalue weighted by atomic mass is 35.5. The third-order valence-corrected chi connectivity index (χ3v) is 5.12. The predicted octanol–water partition coefficient (Wildman–Crippen LogP) is 2.34. The van der Waals surface area contributed by atoms with E-state index in [0.717, 1.165) is 25.7 Å². The van der Waals surface area contributed by atoms with Crippen LogP contribution in [-0.2, 0) is 16.4 Å². The number of halogens is 1. The molecule has 106 valence electrons. The zero-order valence-electron chi connectivity index (χ0n) is 11.0. The van der Waals surface area contributed by atoms with E-state index in [0.29, 0.717) is 24.2 Å². The number of rotatable bonds is 3. The SMILES string of the molecule is CS(=O)(=O)N1CCC[C@@H](Cc2ccc(Cl)nc2)CC1. The van der Waals surface area contributed by atoms with E-state index in [4.69, 9.17) is 11.6 Å². The highest BCUT2D eigenvalue weighted by molar-refractivity contribution is 7.88. The average molecular weight is 303 g/mol. The van der Waals surface area contributed by atoms with Crippen molar-refractivity contribution < 1.29 is 8.42 Å². The van der Waals surface area contributed by atoms with Gasteiger partial charge < -0.3 is 0 Å². The van der Waals surface area contributed by atoms with E-state index in [9.17, 15) is 8.42 Å². The zero-order valence-corrected chi connectivity index (χ0v) is 12.6. The Kier molecular flexibility index (Phi) is 4.81. The molecule has 1 aliphatic heterocycles. The second-order valence-corrected chi connectivity index (χ2v) is 7.52. The molecule has 1 saturated heterocycles. The molecule has 0 spiro atoms. The molecule has 0 unspecified atom stereocenters. The third-order valence-electron chi connectivity index (χ3n) is 3.59. The average Bonchev–Trinajstić information content (AvgIpc) is 2.57. The first-order valence-electron chi connectivity index (χ1n) is 6.51. The van der Waals surface area contributed by atoms with Gasteiger partial charge in [0.2, 0.25) is 10.0 Å². The molecule has 1 fully saturated rings. The minimum Gasteiger partial charge on any atom is -0.244 e. The fourth-order valence-electron chi connectivity index (χ4n) is 2.54. The molecule has 0 aliphatic carbocycles. The molecule has 6 heteroatoms. The van der Waals surface area contributed by atoms with Crippen LogP contribution in [0.2, 0.25) is 5.15 Å². The molecule has 0 saturated carbocycles. The molecule has 1 aromatic heterocycles. The van der Waals surface area contributed by atoms with Crippen LogP contribution in [0, 0.1) is 5.92 Å².